The Labute approximate surface area is 145 Å². The molecule has 7 heteroatoms. The zero-order valence-electron chi connectivity index (χ0n) is 14.0. The number of benzene rings is 2. The van der Waals surface area contributed by atoms with Gasteiger partial charge in [0.05, 0.1) is 10.5 Å². The van der Waals surface area contributed by atoms with Crippen molar-refractivity contribution in [1.82, 2.24) is 0 Å². The normalized spacial score (nSPS) is 10.2. The molecule has 2 aromatic carbocycles. The molecule has 0 atom stereocenters. The molecule has 0 N–H and O–H groups in total. The summed E-state index contributed by atoms with van der Waals surface area (Å²) in [6.07, 6.45) is 0. The molecule has 7 nitrogen and oxygen atoms in total. The molecule has 0 saturated heterocycles. The number of amides is 1. The number of rotatable bonds is 6. The zero-order valence-corrected chi connectivity index (χ0v) is 14.0. The lowest BCUT2D eigenvalue weighted by atomic mass is 10.1. The van der Waals surface area contributed by atoms with Crippen LogP contribution >= 0.6 is 0 Å². The molecule has 130 valence electrons. The number of ether oxygens (including phenoxy) is 1. The standard InChI is InChI=1S/C18H18N2O5/c1-3-19(15-7-5-4-6-8-15)17(21)12-25-18(22)14-9-10-16(20(23)24)13(2)11-14/h4-11H,3,12H2,1-2H3. The average molecular weight is 342 g/mol. The highest BCUT2D eigenvalue weighted by atomic mass is 16.6. The van der Waals surface area contributed by atoms with Gasteiger partial charge < -0.3 is 9.64 Å². The Balaban J connectivity index is 2.02. The molecular weight excluding hydrogens is 324 g/mol. The predicted octanol–water partition coefficient (Wildman–Crippen LogP) is 3.11. The lowest BCUT2D eigenvalue weighted by Gasteiger charge is -2.20. The summed E-state index contributed by atoms with van der Waals surface area (Å²) in [7, 11) is 0. The van der Waals surface area contributed by atoms with Gasteiger partial charge in [0.15, 0.2) is 6.61 Å². The Bertz CT molecular complexity index is 789. The van der Waals surface area contributed by atoms with Crippen LogP contribution in [0.3, 0.4) is 0 Å². The molecule has 0 bridgehead atoms. The minimum atomic E-state index is -0.699. The fraction of sp³-hybridized carbons (Fsp3) is 0.222. The van der Waals surface area contributed by atoms with Gasteiger partial charge in [-0.3, -0.25) is 14.9 Å². The van der Waals surface area contributed by atoms with Crippen LogP contribution in [0.1, 0.15) is 22.8 Å². The van der Waals surface area contributed by atoms with E-state index in [1.54, 1.807) is 12.1 Å². The Morgan fingerprint density at radius 1 is 1.16 bits per heavy atom. The summed E-state index contributed by atoms with van der Waals surface area (Å²) in [6.45, 7) is 3.40. The Morgan fingerprint density at radius 3 is 2.40 bits per heavy atom. The van der Waals surface area contributed by atoms with Crippen LogP contribution in [0, 0.1) is 17.0 Å². The maximum atomic E-state index is 12.3. The summed E-state index contributed by atoms with van der Waals surface area (Å²) in [5.41, 5.74) is 1.16. The van der Waals surface area contributed by atoms with Crippen molar-refractivity contribution in [3.63, 3.8) is 0 Å². The zero-order chi connectivity index (χ0) is 18.4. The molecule has 0 saturated carbocycles. The van der Waals surface area contributed by atoms with Crippen molar-refractivity contribution in [2.24, 2.45) is 0 Å². The van der Waals surface area contributed by atoms with Crippen LogP contribution in [-0.4, -0.2) is 30.0 Å². The van der Waals surface area contributed by atoms with Crippen LogP contribution in [-0.2, 0) is 9.53 Å². The third kappa shape index (κ3) is 4.41. The third-order valence-corrected chi connectivity index (χ3v) is 3.64. The predicted molar refractivity (Wildman–Crippen MR) is 92.6 cm³/mol. The number of nitrogens with zero attached hydrogens (tertiary/aromatic N) is 2. The van der Waals surface area contributed by atoms with E-state index in [1.807, 2.05) is 25.1 Å². The van der Waals surface area contributed by atoms with E-state index in [9.17, 15) is 19.7 Å². The monoisotopic (exact) mass is 342 g/mol. The van der Waals surface area contributed by atoms with Gasteiger partial charge in [-0.2, -0.15) is 0 Å². The van der Waals surface area contributed by atoms with Gasteiger partial charge in [-0.1, -0.05) is 18.2 Å². The number of likely N-dealkylation sites (N-methyl/N-ethyl adjacent to an activating group) is 1. The van der Waals surface area contributed by atoms with Crippen molar-refractivity contribution >= 4 is 23.3 Å². The third-order valence-electron chi connectivity index (χ3n) is 3.64. The van der Waals surface area contributed by atoms with Crippen LogP contribution in [0.25, 0.3) is 0 Å². The number of hydrogen-bond donors (Lipinski definition) is 0. The summed E-state index contributed by atoms with van der Waals surface area (Å²) in [6, 6.07) is 13.0. The number of carbonyl (C=O) groups excluding carboxylic acids is 2. The Morgan fingerprint density at radius 2 is 1.84 bits per heavy atom. The van der Waals surface area contributed by atoms with Crippen LogP contribution in [0.4, 0.5) is 11.4 Å². The van der Waals surface area contributed by atoms with Crippen molar-refractivity contribution in [2.75, 3.05) is 18.1 Å². The van der Waals surface area contributed by atoms with E-state index >= 15 is 0 Å². The fourth-order valence-corrected chi connectivity index (χ4v) is 2.39. The van der Waals surface area contributed by atoms with Crippen LogP contribution in [0.15, 0.2) is 48.5 Å². The minimum Gasteiger partial charge on any atom is -0.452 e. The highest BCUT2D eigenvalue weighted by Crippen LogP contribution is 2.19. The lowest BCUT2D eigenvalue weighted by molar-refractivity contribution is -0.385. The molecule has 0 spiro atoms. The maximum Gasteiger partial charge on any atom is 0.338 e. The van der Waals surface area contributed by atoms with E-state index in [-0.39, 0.29) is 17.2 Å². The van der Waals surface area contributed by atoms with E-state index in [1.165, 1.54) is 30.0 Å². The van der Waals surface area contributed by atoms with Gasteiger partial charge in [0, 0.05) is 23.9 Å². The van der Waals surface area contributed by atoms with Crippen molar-refractivity contribution in [3.05, 3.63) is 69.8 Å². The first-order valence-electron chi connectivity index (χ1n) is 7.71. The quantitative estimate of drug-likeness (QED) is 0.457. The molecule has 0 aliphatic heterocycles. The van der Waals surface area contributed by atoms with Gasteiger partial charge >= 0.3 is 5.97 Å². The number of para-hydroxylation sites is 1. The van der Waals surface area contributed by atoms with E-state index in [4.69, 9.17) is 4.74 Å². The second-order valence-electron chi connectivity index (χ2n) is 5.31. The van der Waals surface area contributed by atoms with Gasteiger partial charge in [0.2, 0.25) is 0 Å². The molecule has 0 fully saturated rings. The maximum absolute atomic E-state index is 12.3. The highest BCUT2D eigenvalue weighted by molar-refractivity contribution is 5.97. The number of anilines is 1. The lowest BCUT2D eigenvalue weighted by Crippen LogP contribution is -2.34. The summed E-state index contributed by atoms with van der Waals surface area (Å²) in [5, 5.41) is 10.8. The van der Waals surface area contributed by atoms with E-state index < -0.39 is 17.5 Å². The second-order valence-corrected chi connectivity index (χ2v) is 5.31. The Hall–Kier alpha value is -3.22. The number of hydrogen-bond acceptors (Lipinski definition) is 5. The molecule has 0 radical (unpaired) electrons. The Kier molecular flexibility index (Phi) is 5.84. The molecular formula is C18H18N2O5. The molecule has 25 heavy (non-hydrogen) atoms. The summed E-state index contributed by atoms with van der Waals surface area (Å²) in [5.74, 6) is -1.05. The summed E-state index contributed by atoms with van der Waals surface area (Å²) < 4.78 is 5.05. The van der Waals surface area contributed by atoms with Gasteiger partial charge in [0.25, 0.3) is 11.6 Å². The van der Waals surface area contributed by atoms with Crippen LogP contribution in [0.5, 0.6) is 0 Å². The molecule has 0 aliphatic carbocycles. The van der Waals surface area contributed by atoms with E-state index in [0.717, 1.165) is 5.69 Å². The van der Waals surface area contributed by atoms with Crippen molar-refractivity contribution < 1.29 is 19.2 Å². The van der Waals surface area contributed by atoms with Crippen molar-refractivity contribution in [1.29, 1.82) is 0 Å². The van der Waals surface area contributed by atoms with Crippen LogP contribution in [0.2, 0.25) is 0 Å². The largest absolute Gasteiger partial charge is 0.452 e. The van der Waals surface area contributed by atoms with E-state index in [0.29, 0.717) is 12.1 Å². The average Bonchev–Trinajstić information content (AvgIpc) is 2.60. The van der Waals surface area contributed by atoms with Gasteiger partial charge in [-0.15, -0.1) is 0 Å². The molecule has 0 heterocycles. The fourth-order valence-electron chi connectivity index (χ4n) is 2.39. The topological polar surface area (TPSA) is 89.8 Å². The number of nitro groups is 1. The van der Waals surface area contributed by atoms with Gasteiger partial charge in [0.1, 0.15) is 0 Å². The minimum absolute atomic E-state index is 0.0751. The number of carbonyl (C=O) groups is 2. The molecule has 2 aromatic rings. The number of esters is 1. The first-order chi connectivity index (χ1) is 11.9. The van der Waals surface area contributed by atoms with Gasteiger partial charge in [-0.05, 0) is 38.1 Å². The van der Waals surface area contributed by atoms with Crippen molar-refractivity contribution in [3.8, 4) is 0 Å². The second kappa shape index (κ2) is 8.05. The van der Waals surface area contributed by atoms with E-state index in [2.05, 4.69) is 0 Å². The number of nitro benzene ring substituents is 1. The SMILES string of the molecule is CCN(C(=O)COC(=O)c1ccc([N+](=O)[O-])c(C)c1)c1ccccc1. The highest BCUT2D eigenvalue weighted by Gasteiger charge is 2.18. The molecule has 1 amide bonds. The summed E-state index contributed by atoms with van der Waals surface area (Å²) >= 11 is 0. The molecule has 2 rings (SSSR count). The van der Waals surface area contributed by atoms with Crippen molar-refractivity contribution in [2.45, 2.75) is 13.8 Å². The smallest absolute Gasteiger partial charge is 0.338 e. The summed E-state index contributed by atoms with van der Waals surface area (Å²) in [4.78, 5) is 36.1. The number of aryl methyl sites for hydroxylation is 1. The molecule has 0 aromatic heterocycles. The first kappa shape index (κ1) is 18.1. The molecule has 0 aliphatic rings. The first-order valence-corrected chi connectivity index (χ1v) is 7.71. The van der Waals surface area contributed by atoms with Crippen LogP contribution < -0.4 is 4.90 Å². The van der Waals surface area contributed by atoms with Gasteiger partial charge in [-0.25, -0.2) is 4.79 Å². The molecule has 0 unspecified atom stereocenters.